The van der Waals surface area contributed by atoms with E-state index in [0.717, 1.165) is 23.2 Å². The number of hydrogen-bond donors (Lipinski definition) is 0. The SMILES string of the molecule is CN(C)C(=O)c1nn(Cc2ccccc2)c2c1CN(C(=O)c1coc3c1C(=O)CCC3)CC2. The lowest BCUT2D eigenvalue weighted by molar-refractivity contribution is 0.0721. The van der Waals surface area contributed by atoms with E-state index in [9.17, 15) is 14.4 Å². The van der Waals surface area contributed by atoms with Gasteiger partial charge >= 0.3 is 0 Å². The highest BCUT2D eigenvalue weighted by atomic mass is 16.3. The van der Waals surface area contributed by atoms with Gasteiger partial charge in [0.1, 0.15) is 12.0 Å². The highest BCUT2D eigenvalue weighted by Gasteiger charge is 2.34. The summed E-state index contributed by atoms with van der Waals surface area (Å²) in [6.45, 7) is 1.31. The van der Waals surface area contributed by atoms with Crippen molar-refractivity contribution in [1.82, 2.24) is 19.6 Å². The number of aryl methyl sites for hydroxylation is 1. The molecule has 1 aliphatic heterocycles. The van der Waals surface area contributed by atoms with E-state index in [0.29, 0.717) is 54.9 Å². The Hall–Kier alpha value is -3.68. The highest BCUT2D eigenvalue weighted by Crippen LogP contribution is 2.30. The lowest BCUT2D eigenvalue weighted by Gasteiger charge is -2.28. The number of carbonyl (C=O) groups excluding carboxylic acids is 3. The Morgan fingerprint density at radius 2 is 1.91 bits per heavy atom. The summed E-state index contributed by atoms with van der Waals surface area (Å²) in [5.41, 5.74) is 3.96. The zero-order valence-electron chi connectivity index (χ0n) is 18.8. The Balaban J connectivity index is 1.48. The van der Waals surface area contributed by atoms with Gasteiger partial charge in [-0.3, -0.25) is 19.1 Å². The molecule has 0 saturated heterocycles. The Kier molecular flexibility index (Phi) is 5.36. The number of hydrogen-bond acceptors (Lipinski definition) is 5. The van der Waals surface area contributed by atoms with Gasteiger partial charge in [-0.05, 0) is 12.0 Å². The summed E-state index contributed by atoms with van der Waals surface area (Å²) in [6, 6.07) is 9.97. The Morgan fingerprint density at radius 1 is 1.12 bits per heavy atom. The Labute approximate surface area is 191 Å². The largest absolute Gasteiger partial charge is 0.468 e. The maximum absolute atomic E-state index is 13.4. The van der Waals surface area contributed by atoms with Gasteiger partial charge in [0.2, 0.25) is 0 Å². The highest BCUT2D eigenvalue weighted by molar-refractivity contribution is 6.09. The molecule has 1 aliphatic carbocycles. The summed E-state index contributed by atoms with van der Waals surface area (Å²) in [7, 11) is 3.39. The standard InChI is InChI=1S/C25H26N4O4/c1-27(2)25(32)23-17-14-28(24(31)18-15-33-21-10-6-9-20(30)22(18)21)12-11-19(17)29(26-23)13-16-7-4-3-5-8-16/h3-5,7-8,15H,6,9-14H2,1-2H3. The first-order chi connectivity index (χ1) is 15.9. The van der Waals surface area contributed by atoms with Gasteiger partial charge in [0, 0.05) is 51.2 Å². The second-order valence-electron chi connectivity index (χ2n) is 8.82. The van der Waals surface area contributed by atoms with Gasteiger partial charge in [-0.2, -0.15) is 5.10 Å². The molecule has 0 N–H and O–H groups in total. The predicted octanol–water partition coefficient (Wildman–Crippen LogP) is 2.94. The van der Waals surface area contributed by atoms with Gasteiger partial charge in [-0.25, -0.2) is 0 Å². The number of fused-ring (bicyclic) bond motifs is 2. The lowest BCUT2D eigenvalue weighted by Crippen LogP contribution is -2.37. The van der Waals surface area contributed by atoms with Crippen LogP contribution in [0.25, 0.3) is 0 Å². The minimum absolute atomic E-state index is 0.0368. The molecule has 3 heterocycles. The van der Waals surface area contributed by atoms with Crippen LogP contribution >= 0.6 is 0 Å². The summed E-state index contributed by atoms with van der Waals surface area (Å²) >= 11 is 0. The molecule has 5 rings (SSSR count). The van der Waals surface area contributed by atoms with Crippen molar-refractivity contribution in [2.45, 2.75) is 38.8 Å². The van der Waals surface area contributed by atoms with E-state index in [-0.39, 0.29) is 24.1 Å². The predicted molar refractivity (Wildman–Crippen MR) is 120 cm³/mol. The smallest absolute Gasteiger partial charge is 0.274 e. The average molecular weight is 447 g/mol. The van der Waals surface area contributed by atoms with Crippen LogP contribution in [0.4, 0.5) is 0 Å². The molecular weight excluding hydrogens is 420 g/mol. The van der Waals surface area contributed by atoms with Crippen molar-refractivity contribution in [1.29, 1.82) is 0 Å². The summed E-state index contributed by atoms with van der Waals surface area (Å²) in [4.78, 5) is 41.9. The van der Waals surface area contributed by atoms with Crippen LogP contribution in [0.1, 0.15) is 66.6 Å². The van der Waals surface area contributed by atoms with Gasteiger partial charge in [0.15, 0.2) is 11.5 Å². The Bertz CT molecular complexity index is 1240. The van der Waals surface area contributed by atoms with Crippen molar-refractivity contribution >= 4 is 17.6 Å². The molecule has 33 heavy (non-hydrogen) atoms. The molecule has 2 amide bonds. The summed E-state index contributed by atoms with van der Waals surface area (Å²) in [6.07, 6.45) is 3.85. The molecule has 3 aromatic rings. The first kappa shape index (κ1) is 21.2. The number of ketones is 1. The first-order valence-electron chi connectivity index (χ1n) is 11.2. The van der Waals surface area contributed by atoms with Crippen LogP contribution in [0.2, 0.25) is 0 Å². The van der Waals surface area contributed by atoms with E-state index < -0.39 is 0 Å². The van der Waals surface area contributed by atoms with Gasteiger partial charge in [-0.15, -0.1) is 0 Å². The van der Waals surface area contributed by atoms with Gasteiger partial charge in [0.25, 0.3) is 11.8 Å². The van der Waals surface area contributed by atoms with E-state index in [1.165, 1.54) is 11.2 Å². The molecule has 2 aliphatic rings. The summed E-state index contributed by atoms with van der Waals surface area (Å²) in [5.74, 6) is 0.139. The zero-order valence-corrected chi connectivity index (χ0v) is 18.8. The van der Waals surface area contributed by atoms with Crippen molar-refractivity contribution in [3.8, 4) is 0 Å². The molecule has 0 fully saturated rings. The van der Waals surface area contributed by atoms with E-state index >= 15 is 0 Å². The molecule has 0 bridgehead atoms. The van der Waals surface area contributed by atoms with Gasteiger partial charge in [0.05, 0.1) is 24.2 Å². The van der Waals surface area contributed by atoms with Crippen LogP contribution in [-0.2, 0) is 25.9 Å². The minimum atomic E-state index is -0.236. The van der Waals surface area contributed by atoms with Crippen LogP contribution < -0.4 is 0 Å². The first-order valence-corrected chi connectivity index (χ1v) is 11.2. The second kappa shape index (κ2) is 8.35. The maximum Gasteiger partial charge on any atom is 0.274 e. The zero-order chi connectivity index (χ0) is 23.1. The topological polar surface area (TPSA) is 88.7 Å². The number of carbonyl (C=O) groups is 3. The normalized spacial score (nSPS) is 15.2. The fourth-order valence-corrected chi connectivity index (χ4v) is 4.68. The van der Waals surface area contributed by atoms with Crippen LogP contribution in [0.5, 0.6) is 0 Å². The van der Waals surface area contributed by atoms with E-state index in [1.807, 2.05) is 35.0 Å². The fraction of sp³-hybridized carbons (Fsp3) is 0.360. The Morgan fingerprint density at radius 3 is 2.67 bits per heavy atom. The van der Waals surface area contributed by atoms with Crippen molar-refractivity contribution in [2.24, 2.45) is 0 Å². The molecule has 1 aromatic carbocycles. The number of benzene rings is 1. The molecule has 8 nitrogen and oxygen atoms in total. The molecule has 0 unspecified atom stereocenters. The third-order valence-electron chi connectivity index (χ3n) is 6.39. The van der Waals surface area contributed by atoms with Crippen LogP contribution in [0.15, 0.2) is 41.0 Å². The average Bonchev–Trinajstić information content (AvgIpc) is 3.41. The maximum atomic E-state index is 13.4. The quantitative estimate of drug-likeness (QED) is 0.615. The molecule has 170 valence electrons. The van der Waals surface area contributed by atoms with Crippen LogP contribution in [-0.4, -0.2) is 57.8 Å². The van der Waals surface area contributed by atoms with Crippen molar-refractivity contribution < 1.29 is 18.8 Å². The molecule has 0 radical (unpaired) electrons. The van der Waals surface area contributed by atoms with Crippen molar-refractivity contribution in [2.75, 3.05) is 20.6 Å². The van der Waals surface area contributed by atoms with Crippen LogP contribution in [0, 0.1) is 0 Å². The number of furan rings is 1. The van der Waals surface area contributed by atoms with Gasteiger partial charge in [-0.1, -0.05) is 30.3 Å². The third kappa shape index (κ3) is 3.75. The second-order valence-corrected chi connectivity index (χ2v) is 8.82. The van der Waals surface area contributed by atoms with Crippen molar-refractivity contribution in [3.05, 3.63) is 76.0 Å². The number of rotatable bonds is 4. The molecule has 0 spiro atoms. The minimum Gasteiger partial charge on any atom is -0.468 e. The third-order valence-corrected chi connectivity index (χ3v) is 6.39. The molecule has 0 atom stereocenters. The lowest BCUT2D eigenvalue weighted by atomic mass is 9.93. The molecular formula is C25H26N4O4. The fourth-order valence-electron chi connectivity index (χ4n) is 4.68. The monoisotopic (exact) mass is 446 g/mol. The van der Waals surface area contributed by atoms with Crippen LogP contribution in [0.3, 0.4) is 0 Å². The van der Waals surface area contributed by atoms with E-state index in [4.69, 9.17) is 4.42 Å². The molecule has 0 saturated carbocycles. The number of Topliss-reactive ketones (excluding diaryl/α,β-unsaturated/α-hetero) is 1. The number of aromatic nitrogens is 2. The summed E-state index contributed by atoms with van der Waals surface area (Å²) < 4.78 is 7.44. The number of nitrogens with zero attached hydrogens (tertiary/aromatic N) is 4. The van der Waals surface area contributed by atoms with E-state index in [1.54, 1.807) is 19.0 Å². The summed E-state index contributed by atoms with van der Waals surface area (Å²) in [5, 5.41) is 4.66. The molecule has 8 heteroatoms. The van der Waals surface area contributed by atoms with E-state index in [2.05, 4.69) is 5.10 Å². The van der Waals surface area contributed by atoms with Crippen molar-refractivity contribution in [3.63, 3.8) is 0 Å². The van der Waals surface area contributed by atoms with Gasteiger partial charge < -0.3 is 14.2 Å². The number of amides is 2. The molecule has 2 aromatic heterocycles.